The monoisotopic (exact) mass is 431 g/mol. The number of carbonyl (C=O) groups excluding carboxylic acids is 1. The fourth-order valence-corrected chi connectivity index (χ4v) is 4.34. The van der Waals surface area contributed by atoms with Crippen LogP contribution in [-0.4, -0.2) is 26.4 Å². The molecular formula is C23H24F3N3O2. The molecule has 0 atom stereocenters. The Morgan fingerprint density at radius 3 is 2.45 bits per heavy atom. The van der Waals surface area contributed by atoms with Gasteiger partial charge in [-0.15, -0.1) is 0 Å². The van der Waals surface area contributed by atoms with Gasteiger partial charge in [0.05, 0.1) is 11.4 Å². The van der Waals surface area contributed by atoms with Crippen molar-refractivity contribution in [2.75, 3.05) is 0 Å². The highest BCUT2D eigenvalue weighted by Gasteiger charge is 2.27. The summed E-state index contributed by atoms with van der Waals surface area (Å²) in [4.78, 5) is 28.5. The highest BCUT2D eigenvalue weighted by Crippen LogP contribution is 2.32. The topological polar surface area (TPSA) is 56.4 Å². The van der Waals surface area contributed by atoms with Gasteiger partial charge in [0.25, 0.3) is 5.56 Å². The van der Waals surface area contributed by atoms with Crippen LogP contribution in [0.4, 0.5) is 13.2 Å². The smallest absolute Gasteiger partial charge is 0.311 e. The molecule has 164 valence electrons. The van der Waals surface area contributed by atoms with Crippen molar-refractivity contribution in [3.8, 4) is 11.3 Å². The van der Waals surface area contributed by atoms with E-state index >= 15 is 0 Å². The molecule has 0 aliphatic heterocycles. The fourth-order valence-electron chi connectivity index (χ4n) is 4.34. The lowest BCUT2D eigenvalue weighted by molar-refractivity contribution is -0.135. The van der Waals surface area contributed by atoms with E-state index in [0.29, 0.717) is 28.9 Å². The number of fused-ring (bicyclic) bond motifs is 1. The molecule has 0 spiro atoms. The SMILES string of the molecule is O=Cc1ccc(-c2cc(=O)n3cc(C4CCCCC4)nc3n2CCCC(F)(F)F)cc1. The fraction of sp³-hybridized carbons (Fsp3) is 0.435. The molecule has 0 bridgehead atoms. The van der Waals surface area contributed by atoms with E-state index < -0.39 is 12.6 Å². The number of carbonyl (C=O) groups is 1. The van der Waals surface area contributed by atoms with Crippen LogP contribution in [0.25, 0.3) is 17.0 Å². The molecule has 8 heteroatoms. The number of hydrogen-bond acceptors (Lipinski definition) is 3. The lowest BCUT2D eigenvalue weighted by Gasteiger charge is -2.19. The van der Waals surface area contributed by atoms with Gasteiger partial charge in [0.1, 0.15) is 6.29 Å². The number of aryl methyl sites for hydroxylation is 1. The van der Waals surface area contributed by atoms with Gasteiger partial charge in [-0.05, 0) is 24.8 Å². The van der Waals surface area contributed by atoms with Crippen molar-refractivity contribution in [1.82, 2.24) is 14.0 Å². The molecule has 2 aromatic heterocycles. The van der Waals surface area contributed by atoms with Crippen molar-refractivity contribution in [2.45, 2.75) is 63.6 Å². The highest BCUT2D eigenvalue weighted by atomic mass is 19.4. The molecule has 0 unspecified atom stereocenters. The second kappa shape index (κ2) is 8.69. The van der Waals surface area contributed by atoms with E-state index in [1.807, 2.05) is 0 Å². The van der Waals surface area contributed by atoms with Crippen LogP contribution in [0.5, 0.6) is 0 Å². The van der Waals surface area contributed by atoms with Crippen LogP contribution >= 0.6 is 0 Å². The standard InChI is InChI=1S/C23H24F3N3O2/c24-23(25,26)11-4-12-28-20(18-9-7-16(15-30)8-10-18)13-21(31)29-14-19(27-22(28)29)17-5-2-1-3-6-17/h7-10,13-15,17H,1-6,11-12H2. The maximum atomic E-state index is 12.9. The normalized spacial score (nSPS) is 15.5. The molecule has 3 aromatic rings. The van der Waals surface area contributed by atoms with Crippen LogP contribution in [0.15, 0.2) is 41.3 Å². The summed E-state index contributed by atoms with van der Waals surface area (Å²) in [6.45, 7) is 0.0785. The average molecular weight is 431 g/mol. The molecule has 0 amide bonds. The van der Waals surface area contributed by atoms with E-state index in [2.05, 4.69) is 0 Å². The van der Waals surface area contributed by atoms with Crippen molar-refractivity contribution >= 4 is 12.1 Å². The summed E-state index contributed by atoms with van der Waals surface area (Å²) in [5.74, 6) is 0.636. The number of aldehydes is 1. The molecule has 5 nitrogen and oxygen atoms in total. The van der Waals surface area contributed by atoms with Crippen molar-refractivity contribution < 1.29 is 18.0 Å². The molecule has 1 aliphatic carbocycles. The first-order valence-electron chi connectivity index (χ1n) is 10.6. The number of hydrogen-bond donors (Lipinski definition) is 0. The first kappa shape index (κ1) is 21.3. The number of alkyl halides is 3. The molecule has 2 heterocycles. The number of halogens is 3. The molecule has 1 saturated carbocycles. The number of nitrogens with zero attached hydrogens (tertiary/aromatic N) is 3. The second-order valence-corrected chi connectivity index (χ2v) is 8.15. The van der Waals surface area contributed by atoms with Crippen molar-refractivity contribution in [1.29, 1.82) is 0 Å². The van der Waals surface area contributed by atoms with Crippen molar-refractivity contribution in [3.63, 3.8) is 0 Å². The zero-order valence-corrected chi connectivity index (χ0v) is 17.1. The van der Waals surface area contributed by atoms with E-state index in [1.165, 1.54) is 16.9 Å². The average Bonchev–Trinajstić information content (AvgIpc) is 3.21. The van der Waals surface area contributed by atoms with E-state index in [0.717, 1.165) is 31.4 Å². The highest BCUT2D eigenvalue weighted by molar-refractivity contribution is 5.76. The van der Waals surface area contributed by atoms with Crippen molar-refractivity contribution in [3.05, 3.63) is 58.1 Å². The van der Waals surface area contributed by atoms with E-state index in [-0.39, 0.29) is 24.4 Å². The maximum Gasteiger partial charge on any atom is 0.389 e. The molecule has 0 radical (unpaired) electrons. The third kappa shape index (κ3) is 4.73. The number of rotatable bonds is 6. The summed E-state index contributed by atoms with van der Waals surface area (Å²) in [7, 11) is 0. The molecule has 1 aromatic carbocycles. The lowest BCUT2D eigenvalue weighted by Crippen LogP contribution is -2.19. The van der Waals surface area contributed by atoms with Gasteiger partial charge >= 0.3 is 6.18 Å². The molecule has 0 saturated heterocycles. The van der Waals surface area contributed by atoms with E-state index in [4.69, 9.17) is 4.98 Å². The Morgan fingerprint density at radius 2 is 1.81 bits per heavy atom. The largest absolute Gasteiger partial charge is 0.389 e. The van der Waals surface area contributed by atoms with Crippen molar-refractivity contribution in [2.24, 2.45) is 0 Å². The summed E-state index contributed by atoms with van der Waals surface area (Å²) in [5, 5.41) is 0. The van der Waals surface area contributed by atoms with Gasteiger partial charge in [-0.2, -0.15) is 13.2 Å². The minimum absolute atomic E-state index is 0.0785. The Balaban J connectivity index is 1.81. The van der Waals surface area contributed by atoms with Crippen LogP contribution in [0.2, 0.25) is 0 Å². The van der Waals surface area contributed by atoms with Gasteiger partial charge in [0.15, 0.2) is 0 Å². The quantitative estimate of drug-likeness (QED) is 0.494. The zero-order valence-electron chi connectivity index (χ0n) is 17.1. The van der Waals surface area contributed by atoms with Gasteiger partial charge in [-0.25, -0.2) is 4.98 Å². The van der Waals surface area contributed by atoms with Crippen LogP contribution in [0.1, 0.15) is 66.9 Å². The zero-order chi connectivity index (χ0) is 22.0. The summed E-state index contributed by atoms with van der Waals surface area (Å²) >= 11 is 0. The van der Waals surface area contributed by atoms with Crippen LogP contribution in [0, 0.1) is 0 Å². The molecule has 1 fully saturated rings. The maximum absolute atomic E-state index is 12.9. The molecule has 1 aliphatic rings. The Morgan fingerprint density at radius 1 is 1.10 bits per heavy atom. The summed E-state index contributed by atoms with van der Waals surface area (Å²) < 4.78 is 41.5. The van der Waals surface area contributed by atoms with Crippen LogP contribution in [0.3, 0.4) is 0 Å². The Hall–Kier alpha value is -2.90. The number of imidazole rings is 1. The molecule has 4 rings (SSSR count). The molecule has 31 heavy (non-hydrogen) atoms. The summed E-state index contributed by atoms with van der Waals surface area (Å²) in [5.41, 5.74) is 2.19. The summed E-state index contributed by atoms with van der Waals surface area (Å²) in [6.07, 6.45) is 2.61. The van der Waals surface area contributed by atoms with Gasteiger partial charge in [-0.3, -0.25) is 14.0 Å². The van der Waals surface area contributed by atoms with Gasteiger partial charge in [0, 0.05) is 36.7 Å². The molecular weight excluding hydrogens is 407 g/mol. The Kier molecular flexibility index (Phi) is 5.98. The Bertz CT molecular complexity index is 1120. The predicted molar refractivity (Wildman–Crippen MR) is 111 cm³/mol. The van der Waals surface area contributed by atoms with Gasteiger partial charge in [-0.1, -0.05) is 43.5 Å². The first-order valence-corrected chi connectivity index (χ1v) is 10.6. The Labute approximate surface area is 177 Å². The minimum Gasteiger partial charge on any atom is -0.311 e. The lowest BCUT2D eigenvalue weighted by atomic mass is 9.87. The first-order chi connectivity index (χ1) is 14.9. The van der Waals surface area contributed by atoms with Gasteiger partial charge < -0.3 is 4.57 Å². The molecule has 0 N–H and O–H groups in total. The predicted octanol–water partition coefficient (Wildman–Crippen LogP) is 5.37. The van der Waals surface area contributed by atoms with E-state index in [9.17, 15) is 22.8 Å². The van der Waals surface area contributed by atoms with Gasteiger partial charge in [0.2, 0.25) is 5.78 Å². The third-order valence-electron chi connectivity index (χ3n) is 5.94. The van der Waals surface area contributed by atoms with E-state index in [1.54, 1.807) is 35.0 Å². The minimum atomic E-state index is -4.25. The number of aromatic nitrogens is 3. The van der Waals surface area contributed by atoms with Crippen LogP contribution in [-0.2, 0) is 6.54 Å². The second-order valence-electron chi connectivity index (χ2n) is 8.15. The third-order valence-corrected chi connectivity index (χ3v) is 5.94. The van der Waals surface area contributed by atoms with Crippen LogP contribution < -0.4 is 5.56 Å². The number of benzene rings is 1. The summed E-state index contributed by atoms with van der Waals surface area (Å²) in [6, 6.07) is 8.06.